The molecular formula is C23H28N2O4S. The molecule has 4 rings (SSSR count). The Morgan fingerprint density at radius 2 is 1.77 bits per heavy atom. The van der Waals surface area contributed by atoms with Crippen LogP contribution in [0.4, 0.5) is 0 Å². The first-order valence-corrected chi connectivity index (χ1v) is 11.6. The zero-order chi connectivity index (χ0) is 21.5. The van der Waals surface area contributed by atoms with Crippen LogP contribution >= 0.6 is 0 Å². The first-order chi connectivity index (χ1) is 14.3. The van der Waals surface area contributed by atoms with Crippen molar-refractivity contribution in [3.63, 3.8) is 0 Å². The van der Waals surface area contributed by atoms with Gasteiger partial charge in [0.05, 0.1) is 23.6 Å². The van der Waals surface area contributed by atoms with Gasteiger partial charge in [-0.25, -0.2) is 12.4 Å². The van der Waals surface area contributed by atoms with E-state index in [2.05, 4.69) is 11.9 Å². The predicted molar refractivity (Wildman–Crippen MR) is 118 cm³/mol. The van der Waals surface area contributed by atoms with E-state index in [0.717, 1.165) is 36.2 Å². The number of methoxy groups -OCH3 is 1. The Kier molecular flexibility index (Phi) is 5.51. The smallest absolute Gasteiger partial charge is 0.268 e. The molecule has 30 heavy (non-hydrogen) atoms. The summed E-state index contributed by atoms with van der Waals surface area (Å²) in [5.41, 5.74) is 1.73. The molecule has 1 atom stereocenters. The minimum absolute atomic E-state index is 0.0497. The molecule has 1 fully saturated rings. The lowest BCUT2D eigenvalue weighted by Crippen LogP contribution is -2.13. The van der Waals surface area contributed by atoms with E-state index < -0.39 is 10.0 Å². The number of hydrogen-bond donors (Lipinski definition) is 0. The van der Waals surface area contributed by atoms with Gasteiger partial charge in [0.15, 0.2) is 0 Å². The fourth-order valence-electron chi connectivity index (χ4n) is 4.12. The summed E-state index contributed by atoms with van der Waals surface area (Å²) in [6.45, 7) is 5.88. The van der Waals surface area contributed by atoms with Crippen LogP contribution in [0.1, 0.15) is 31.7 Å². The molecule has 7 heteroatoms. The van der Waals surface area contributed by atoms with E-state index in [0.29, 0.717) is 17.2 Å². The average molecular weight is 429 g/mol. The standard InChI is InChI=1S/C23H28N2O4S/c1-16(2)29-19-7-10-23-21(13-19)22(17-11-12-24(3)14-17)15-25(23)30(26,27)20-8-5-18(28-4)6-9-20/h5-10,13,15-17H,11-12,14H2,1-4H3/t17-/m1/s1. The van der Waals surface area contributed by atoms with E-state index in [1.54, 1.807) is 37.6 Å². The highest BCUT2D eigenvalue weighted by Gasteiger charge is 2.28. The van der Waals surface area contributed by atoms with Crippen molar-refractivity contribution >= 4 is 20.9 Å². The fourth-order valence-corrected chi connectivity index (χ4v) is 5.50. The van der Waals surface area contributed by atoms with Gasteiger partial charge in [-0.1, -0.05) is 0 Å². The molecule has 0 bridgehead atoms. The second-order valence-electron chi connectivity index (χ2n) is 8.15. The molecule has 0 radical (unpaired) electrons. The van der Waals surface area contributed by atoms with Crippen molar-refractivity contribution in [3.05, 3.63) is 54.2 Å². The summed E-state index contributed by atoms with van der Waals surface area (Å²) in [5.74, 6) is 1.67. The van der Waals surface area contributed by atoms with Crippen LogP contribution in [0.15, 0.2) is 53.6 Å². The topological polar surface area (TPSA) is 60.8 Å². The SMILES string of the molecule is COc1ccc(S(=O)(=O)n2cc([C@@H]3CCN(C)C3)c3cc(OC(C)C)ccc32)cc1. The maximum Gasteiger partial charge on any atom is 0.268 e. The van der Waals surface area contributed by atoms with Gasteiger partial charge in [0, 0.05) is 18.1 Å². The normalized spacial score (nSPS) is 17.7. The van der Waals surface area contributed by atoms with E-state index in [4.69, 9.17) is 9.47 Å². The van der Waals surface area contributed by atoms with Gasteiger partial charge < -0.3 is 14.4 Å². The van der Waals surface area contributed by atoms with Crippen LogP contribution in [0.25, 0.3) is 10.9 Å². The summed E-state index contributed by atoms with van der Waals surface area (Å²) in [6.07, 6.45) is 2.86. The van der Waals surface area contributed by atoms with Gasteiger partial charge in [0.2, 0.25) is 0 Å². The first kappa shape index (κ1) is 20.8. The van der Waals surface area contributed by atoms with Crippen LogP contribution in [-0.2, 0) is 10.0 Å². The fraction of sp³-hybridized carbons (Fsp3) is 0.391. The number of rotatable bonds is 6. The zero-order valence-corrected chi connectivity index (χ0v) is 18.6. The van der Waals surface area contributed by atoms with E-state index in [1.165, 1.54) is 3.97 Å². The molecule has 160 valence electrons. The van der Waals surface area contributed by atoms with Crippen molar-refractivity contribution in [2.75, 3.05) is 27.2 Å². The minimum atomic E-state index is -3.74. The van der Waals surface area contributed by atoms with E-state index in [-0.39, 0.29) is 11.0 Å². The second-order valence-corrected chi connectivity index (χ2v) is 9.97. The Balaban J connectivity index is 1.86. The van der Waals surface area contributed by atoms with Crippen molar-refractivity contribution in [1.82, 2.24) is 8.87 Å². The molecule has 2 aromatic carbocycles. The van der Waals surface area contributed by atoms with Crippen LogP contribution in [0, 0.1) is 0 Å². The van der Waals surface area contributed by atoms with Gasteiger partial charge in [-0.15, -0.1) is 0 Å². The summed E-state index contributed by atoms with van der Waals surface area (Å²) >= 11 is 0. The lowest BCUT2D eigenvalue weighted by atomic mass is 9.98. The summed E-state index contributed by atoms with van der Waals surface area (Å²) in [6, 6.07) is 12.2. The maximum atomic E-state index is 13.5. The van der Waals surface area contributed by atoms with Crippen LogP contribution in [0.2, 0.25) is 0 Å². The highest BCUT2D eigenvalue weighted by Crippen LogP contribution is 2.37. The Labute approximate surface area is 178 Å². The molecule has 1 aliphatic heterocycles. The third kappa shape index (κ3) is 3.79. The first-order valence-electron chi connectivity index (χ1n) is 10.2. The van der Waals surface area contributed by atoms with Crippen molar-refractivity contribution < 1.29 is 17.9 Å². The lowest BCUT2D eigenvalue weighted by molar-refractivity contribution is 0.243. The Hall–Kier alpha value is -2.51. The molecule has 1 aromatic heterocycles. The van der Waals surface area contributed by atoms with Crippen molar-refractivity contribution in [3.8, 4) is 11.5 Å². The Morgan fingerprint density at radius 1 is 1.07 bits per heavy atom. The summed E-state index contributed by atoms with van der Waals surface area (Å²) in [7, 11) is -0.0840. The number of likely N-dealkylation sites (N-methyl/N-ethyl adjacent to an activating group) is 1. The quantitative estimate of drug-likeness (QED) is 0.592. The zero-order valence-electron chi connectivity index (χ0n) is 17.8. The van der Waals surface area contributed by atoms with Gasteiger partial charge in [-0.05, 0) is 87.8 Å². The molecule has 2 heterocycles. The van der Waals surface area contributed by atoms with Crippen molar-refractivity contribution in [2.45, 2.75) is 37.2 Å². The number of benzene rings is 2. The third-order valence-corrected chi connectivity index (χ3v) is 7.28. The summed E-state index contributed by atoms with van der Waals surface area (Å²) in [4.78, 5) is 2.51. The van der Waals surface area contributed by atoms with Gasteiger partial charge >= 0.3 is 0 Å². The lowest BCUT2D eigenvalue weighted by Gasteiger charge is -2.12. The average Bonchev–Trinajstić information content (AvgIpc) is 3.31. The molecule has 3 aromatic rings. The number of hydrogen-bond acceptors (Lipinski definition) is 5. The van der Waals surface area contributed by atoms with Crippen LogP contribution in [-0.4, -0.2) is 50.6 Å². The van der Waals surface area contributed by atoms with Gasteiger partial charge in [-0.2, -0.15) is 0 Å². The maximum absolute atomic E-state index is 13.5. The van der Waals surface area contributed by atoms with Gasteiger partial charge in [0.25, 0.3) is 10.0 Å². The molecular weight excluding hydrogens is 400 g/mol. The molecule has 1 aliphatic rings. The molecule has 0 aliphatic carbocycles. The molecule has 0 unspecified atom stereocenters. The van der Waals surface area contributed by atoms with E-state index in [9.17, 15) is 8.42 Å². The Morgan fingerprint density at radius 3 is 2.37 bits per heavy atom. The second kappa shape index (κ2) is 7.96. The number of aromatic nitrogens is 1. The molecule has 0 saturated carbocycles. The van der Waals surface area contributed by atoms with Gasteiger partial charge in [-0.3, -0.25) is 0 Å². The molecule has 0 amide bonds. The highest BCUT2D eigenvalue weighted by molar-refractivity contribution is 7.90. The highest BCUT2D eigenvalue weighted by atomic mass is 32.2. The number of ether oxygens (including phenoxy) is 2. The van der Waals surface area contributed by atoms with Crippen molar-refractivity contribution in [1.29, 1.82) is 0 Å². The van der Waals surface area contributed by atoms with Crippen molar-refractivity contribution in [2.24, 2.45) is 0 Å². The predicted octanol–water partition coefficient (Wildman–Crippen LogP) is 4.09. The minimum Gasteiger partial charge on any atom is -0.497 e. The monoisotopic (exact) mass is 428 g/mol. The Bertz CT molecular complexity index is 1150. The molecule has 6 nitrogen and oxygen atoms in total. The van der Waals surface area contributed by atoms with E-state index in [1.807, 2.05) is 32.0 Å². The van der Waals surface area contributed by atoms with Gasteiger partial charge in [0.1, 0.15) is 11.5 Å². The summed E-state index contributed by atoms with van der Waals surface area (Å²) in [5, 5.41) is 0.936. The largest absolute Gasteiger partial charge is 0.497 e. The van der Waals surface area contributed by atoms with Crippen LogP contribution < -0.4 is 9.47 Å². The van der Waals surface area contributed by atoms with Crippen LogP contribution in [0.3, 0.4) is 0 Å². The summed E-state index contributed by atoms with van der Waals surface area (Å²) < 4.78 is 39.4. The number of nitrogens with zero attached hydrogens (tertiary/aromatic N) is 2. The molecule has 1 saturated heterocycles. The number of fused-ring (bicyclic) bond motifs is 1. The number of likely N-dealkylation sites (tertiary alicyclic amines) is 1. The molecule has 0 spiro atoms. The van der Waals surface area contributed by atoms with Crippen LogP contribution in [0.5, 0.6) is 11.5 Å². The third-order valence-electron chi connectivity index (χ3n) is 5.59. The molecule has 0 N–H and O–H groups in total. The van der Waals surface area contributed by atoms with E-state index >= 15 is 0 Å².